The Balaban J connectivity index is 2.01. The molecule has 1 aromatic heterocycles. The topological polar surface area (TPSA) is 73.4 Å². The van der Waals surface area contributed by atoms with Gasteiger partial charge in [0.25, 0.3) is 0 Å². The van der Waals surface area contributed by atoms with Crippen LogP contribution in [-0.4, -0.2) is 22.5 Å². The van der Waals surface area contributed by atoms with E-state index in [2.05, 4.69) is 4.98 Å². The Morgan fingerprint density at radius 2 is 1.95 bits per heavy atom. The van der Waals surface area contributed by atoms with E-state index in [0.29, 0.717) is 16.6 Å². The van der Waals surface area contributed by atoms with Gasteiger partial charge in [-0.25, -0.2) is 4.79 Å². The van der Waals surface area contributed by atoms with E-state index in [4.69, 9.17) is 0 Å². The van der Waals surface area contributed by atoms with Gasteiger partial charge in [0.15, 0.2) is 6.29 Å². The first-order valence-electron chi connectivity index (χ1n) is 6.80. The third-order valence-electron chi connectivity index (χ3n) is 3.55. The molecule has 5 nitrogen and oxygen atoms in total. The Bertz CT molecular complexity index is 824. The summed E-state index contributed by atoms with van der Waals surface area (Å²) in [6.45, 7) is 0.253. The lowest BCUT2D eigenvalue weighted by atomic mass is 10.1. The van der Waals surface area contributed by atoms with Crippen LogP contribution in [0.15, 0.2) is 54.7 Å². The average Bonchev–Trinajstić information content (AvgIpc) is 2.95. The van der Waals surface area contributed by atoms with Crippen molar-refractivity contribution < 1.29 is 14.7 Å². The van der Waals surface area contributed by atoms with Gasteiger partial charge >= 0.3 is 6.09 Å². The third kappa shape index (κ3) is 2.56. The molecule has 0 saturated carbocycles. The van der Waals surface area contributed by atoms with Crippen LogP contribution in [0.25, 0.3) is 10.9 Å². The number of nitrogens with zero attached hydrogens (tertiary/aromatic N) is 1. The van der Waals surface area contributed by atoms with E-state index in [1.165, 1.54) is 4.90 Å². The van der Waals surface area contributed by atoms with E-state index in [-0.39, 0.29) is 6.54 Å². The molecule has 1 heterocycles. The lowest BCUT2D eigenvalue weighted by molar-refractivity contribution is 0.112. The van der Waals surface area contributed by atoms with Crippen LogP contribution in [-0.2, 0) is 6.54 Å². The van der Waals surface area contributed by atoms with Gasteiger partial charge in [-0.05, 0) is 23.8 Å². The van der Waals surface area contributed by atoms with E-state index in [1.54, 1.807) is 24.4 Å². The molecular formula is C17H14N2O3. The van der Waals surface area contributed by atoms with Crippen LogP contribution in [0.1, 0.15) is 15.9 Å². The molecule has 0 unspecified atom stereocenters. The molecule has 5 heteroatoms. The van der Waals surface area contributed by atoms with E-state index in [1.807, 2.05) is 30.3 Å². The second-order valence-electron chi connectivity index (χ2n) is 4.95. The standard InChI is InChI=1S/C17H14N2O3/c20-11-13-9-18-16-7-6-14(8-15(13)16)19(17(21)22)10-12-4-2-1-3-5-12/h1-9,11,18H,10H2,(H,21,22). The van der Waals surface area contributed by atoms with Crippen molar-refractivity contribution in [3.8, 4) is 0 Å². The Morgan fingerprint density at radius 1 is 1.18 bits per heavy atom. The number of hydrogen-bond donors (Lipinski definition) is 2. The van der Waals surface area contributed by atoms with Crippen molar-refractivity contribution in [3.63, 3.8) is 0 Å². The number of anilines is 1. The molecular weight excluding hydrogens is 280 g/mol. The number of fused-ring (bicyclic) bond motifs is 1. The average molecular weight is 294 g/mol. The first kappa shape index (κ1) is 13.9. The summed E-state index contributed by atoms with van der Waals surface area (Å²) in [5, 5.41) is 10.2. The fourth-order valence-electron chi connectivity index (χ4n) is 2.43. The SMILES string of the molecule is O=Cc1c[nH]c2ccc(N(Cc3ccccc3)C(=O)O)cc12. The van der Waals surface area contributed by atoms with Gasteiger partial charge in [0.05, 0.1) is 6.54 Å². The number of carbonyl (C=O) groups excluding carboxylic acids is 1. The second kappa shape index (κ2) is 5.73. The number of aldehydes is 1. The summed E-state index contributed by atoms with van der Waals surface area (Å²) in [7, 11) is 0. The predicted octanol–water partition coefficient (Wildman–Crippen LogP) is 3.67. The van der Waals surface area contributed by atoms with Crippen molar-refractivity contribution in [1.29, 1.82) is 0 Å². The molecule has 0 bridgehead atoms. The lowest BCUT2D eigenvalue weighted by Crippen LogP contribution is -2.28. The highest BCUT2D eigenvalue weighted by Gasteiger charge is 2.16. The second-order valence-corrected chi connectivity index (χ2v) is 4.95. The molecule has 0 fully saturated rings. The molecule has 2 N–H and O–H groups in total. The van der Waals surface area contributed by atoms with Crippen molar-refractivity contribution in [1.82, 2.24) is 4.98 Å². The maximum Gasteiger partial charge on any atom is 0.412 e. The predicted molar refractivity (Wildman–Crippen MR) is 84.3 cm³/mol. The van der Waals surface area contributed by atoms with Crippen LogP contribution in [0.5, 0.6) is 0 Å². The molecule has 1 amide bonds. The third-order valence-corrected chi connectivity index (χ3v) is 3.55. The summed E-state index contributed by atoms with van der Waals surface area (Å²) < 4.78 is 0. The molecule has 0 aliphatic heterocycles. The number of benzene rings is 2. The number of amides is 1. The number of carboxylic acid groups (broad SMARTS) is 1. The highest BCUT2D eigenvalue weighted by molar-refractivity contribution is 6.00. The van der Waals surface area contributed by atoms with Crippen molar-refractivity contribution in [2.45, 2.75) is 6.54 Å². The van der Waals surface area contributed by atoms with Gasteiger partial charge in [-0.2, -0.15) is 0 Å². The van der Waals surface area contributed by atoms with Gasteiger partial charge in [-0.1, -0.05) is 30.3 Å². The van der Waals surface area contributed by atoms with Crippen LogP contribution in [0, 0.1) is 0 Å². The number of carbonyl (C=O) groups is 2. The first-order chi connectivity index (χ1) is 10.7. The van der Waals surface area contributed by atoms with Gasteiger partial charge in [0.1, 0.15) is 0 Å². The maximum atomic E-state index is 11.6. The molecule has 0 saturated heterocycles. The van der Waals surface area contributed by atoms with E-state index < -0.39 is 6.09 Å². The monoisotopic (exact) mass is 294 g/mol. The van der Waals surface area contributed by atoms with Gasteiger partial charge < -0.3 is 10.1 Å². The molecule has 0 aliphatic carbocycles. The highest BCUT2D eigenvalue weighted by atomic mass is 16.4. The first-order valence-corrected chi connectivity index (χ1v) is 6.80. The minimum absolute atomic E-state index is 0.253. The summed E-state index contributed by atoms with van der Waals surface area (Å²) in [4.78, 5) is 26.9. The number of aromatic amines is 1. The zero-order chi connectivity index (χ0) is 15.5. The lowest BCUT2D eigenvalue weighted by Gasteiger charge is -2.19. The smallest absolute Gasteiger partial charge is 0.412 e. The van der Waals surface area contributed by atoms with Gasteiger partial charge in [0, 0.05) is 28.4 Å². The van der Waals surface area contributed by atoms with Crippen molar-refractivity contribution in [3.05, 3.63) is 65.9 Å². The molecule has 0 aliphatic rings. The molecule has 3 rings (SSSR count). The fourth-order valence-corrected chi connectivity index (χ4v) is 2.43. The van der Waals surface area contributed by atoms with Crippen LogP contribution in [0.2, 0.25) is 0 Å². The molecule has 0 spiro atoms. The minimum atomic E-state index is -1.04. The summed E-state index contributed by atoms with van der Waals surface area (Å²) in [6.07, 6.45) is 1.33. The number of H-pyrrole nitrogens is 1. The summed E-state index contributed by atoms with van der Waals surface area (Å²) in [5.74, 6) is 0. The molecule has 2 aromatic carbocycles. The summed E-state index contributed by atoms with van der Waals surface area (Å²) in [5.41, 5.74) is 2.75. The minimum Gasteiger partial charge on any atom is -0.465 e. The molecule has 0 radical (unpaired) electrons. The maximum absolute atomic E-state index is 11.6. The van der Waals surface area contributed by atoms with Gasteiger partial charge in [-0.15, -0.1) is 0 Å². The Hall–Kier alpha value is -3.08. The summed E-state index contributed by atoms with van der Waals surface area (Å²) >= 11 is 0. The van der Waals surface area contributed by atoms with Crippen LogP contribution >= 0.6 is 0 Å². The zero-order valence-electron chi connectivity index (χ0n) is 11.7. The fraction of sp³-hybridized carbons (Fsp3) is 0.0588. The number of hydrogen-bond acceptors (Lipinski definition) is 2. The van der Waals surface area contributed by atoms with E-state index in [9.17, 15) is 14.7 Å². The van der Waals surface area contributed by atoms with Gasteiger partial charge in [-0.3, -0.25) is 9.69 Å². The Kier molecular flexibility index (Phi) is 3.62. The normalized spacial score (nSPS) is 10.5. The van der Waals surface area contributed by atoms with Crippen LogP contribution in [0.3, 0.4) is 0 Å². The quantitative estimate of drug-likeness (QED) is 0.721. The molecule has 22 heavy (non-hydrogen) atoms. The van der Waals surface area contributed by atoms with E-state index in [0.717, 1.165) is 17.4 Å². The molecule has 3 aromatic rings. The number of nitrogens with one attached hydrogen (secondary N) is 1. The van der Waals surface area contributed by atoms with Crippen molar-refractivity contribution in [2.24, 2.45) is 0 Å². The Labute approximate surface area is 126 Å². The molecule has 110 valence electrons. The number of rotatable bonds is 4. The summed E-state index contributed by atoms with van der Waals surface area (Å²) in [6, 6.07) is 14.6. The largest absolute Gasteiger partial charge is 0.465 e. The van der Waals surface area contributed by atoms with Crippen molar-refractivity contribution >= 4 is 29.0 Å². The van der Waals surface area contributed by atoms with E-state index >= 15 is 0 Å². The van der Waals surface area contributed by atoms with Crippen molar-refractivity contribution in [2.75, 3.05) is 4.90 Å². The van der Waals surface area contributed by atoms with Crippen LogP contribution in [0.4, 0.5) is 10.5 Å². The number of aromatic nitrogens is 1. The highest BCUT2D eigenvalue weighted by Crippen LogP contribution is 2.25. The molecule has 0 atom stereocenters. The zero-order valence-corrected chi connectivity index (χ0v) is 11.7. The van der Waals surface area contributed by atoms with Gasteiger partial charge in [0.2, 0.25) is 0 Å². The van der Waals surface area contributed by atoms with Crippen LogP contribution < -0.4 is 4.90 Å². The Morgan fingerprint density at radius 3 is 2.64 bits per heavy atom.